The predicted molar refractivity (Wildman–Crippen MR) is 76.5 cm³/mol. The Morgan fingerprint density at radius 3 is 2.70 bits per heavy atom. The Morgan fingerprint density at radius 1 is 1.30 bits per heavy atom. The maximum absolute atomic E-state index is 9.09. The van der Waals surface area contributed by atoms with E-state index < -0.39 is 0 Å². The van der Waals surface area contributed by atoms with Crippen LogP contribution >= 0.6 is 0 Å². The van der Waals surface area contributed by atoms with Crippen LogP contribution in [0.1, 0.15) is 31.3 Å². The molecular weight excluding hydrogens is 254 g/mol. The Balaban J connectivity index is 2.28. The van der Waals surface area contributed by atoms with Crippen molar-refractivity contribution in [2.24, 2.45) is 5.92 Å². The third kappa shape index (κ3) is 3.17. The van der Waals surface area contributed by atoms with Crippen molar-refractivity contribution in [2.75, 3.05) is 6.61 Å². The summed E-state index contributed by atoms with van der Waals surface area (Å²) in [6.07, 6.45) is 1.31. The first-order valence-electron chi connectivity index (χ1n) is 6.84. The van der Waals surface area contributed by atoms with Crippen molar-refractivity contribution < 1.29 is 9.84 Å². The van der Waals surface area contributed by atoms with Gasteiger partial charge in [0.25, 0.3) is 0 Å². The summed E-state index contributed by atoms with van der Waals surface area (Å²) in [6.45, 7) is 6.65. The molecule has 20 heavy (non-hydrogen) atoms. The van der Waals surface area contributed by atoms with Gasteiger partial charge in [-0.05, 0) is 24.5 Å². The molecule has 0 aliphatic heterocycles. The molecule has 1 aromatic carbocycles. The first-order valence-corrected chi connectivity index (χ1v) is 6.84. The fraction of sp³-hybridized carbons (Fsp3) is 0.467. The van der Waals surface area contributed by atoms with Crippen molar-refractivity contribution in [3.8, 4) is 5.75 Å². The van der Waals surface area contributed by atoms with Crippen molar-refractivity contribution in [3.05, 3.63) is 42.0 Å². The van der Waals surface area contributed by atoms with Crippen LogP contribution in [0.3, 0.4) is 0 Å². The topological polar surface area (TPSA) is 60.2 Å². The zero-order chi connectivity index (χ0) is 14.5. The molecule has 0 saturated carbocycles. The first-order chi connectivity index (χ1) is 9.63. The lowest BCUT2D eigenvalue weighted by Gasteiger charge is -2.23. The van der Waals surface area contributed by atoms with Crippen molar-refractivity contribution in [3.63, 3.8) is 0 Å². The monoisotopic (exact) mass is 275 g/mol. The molecule has 1 N–H and O–H groups in total. The van der Waals surface area contributed by atoms with Gasteiger partial charge in [-0.25, -0.2) is 9.67 Å². The Bertz CT molecular complexity index is 552. The molecule has 0 bridgehead atoms. The number of aromatic nitrogens is 3. The second-order valence-electron chi connectivity index (χ2n) is 5.11. The van der Waals surface area contributed by atoms with E-state index in [1.54, 1.807) is 4.68 Å². The number of nitrogens with zero attached hydrogens (tertiary/aromatic N) is 3. The molecule has 1 aromatic heterocycles. The summed E-state index contributed by atoms with van der Waals surface area (Å²) >= 11 is 0. The molecule has 5 heteroatoms. The summed E-state index contributed by atoms with van der Waals surface area (Å²) in [5, 5.41) is 13.2. The van der Waals surface area contributed by atoms with Gasteiger partial charge in [0.05, 0.1) is 13.2 Å². The van der Waals surface area contributed by atoms with E-state index in [9.17, 15) is 0 Å². The highest BCUT2D eigenvalue weighted by atomic mass is 16.5. The van der Waals surface area contributed by atoms with Crippen LogP contribution in [0, 0.1) is 12.8 Å². The number of aryl methyl sites for hydroxylation is 1. The standard InChI is InChI=1S/C15H21N3O2/c1-11(2)14(15-16-10-17-18(15)8-9-19)20-13-7-5-4-6-12(13)3/h4-7,10-11,14,19H,8-9H2,1-3H3. The summed E-state index contributed by atoms with van der Waals surface area (Å²) in [5.74, 6) is 1.85. The maximum Gasteiger partial charge on any atom is 0.168 e. The smallest absolute Gasteiger partial charge is 0.168 e. The van der Waals surface area contributed by atoms with Crippen molar-refractivity contribution in [1.82, 2.24) is 14.8 Å². The Kier molecular flexibility index (Phi) is 4.74. The summed E-state index contributed by atoms with van der Waals surface area (Å²) in [6, 6.07) is 7.92. The molecule has 108 valence electrons. The van der Waals surface area contributed by atoms with Gasteiger partial charge in [-0.1, -0.05) is 32.0 Å². The Hall–Kier alpha value is -1.88. The van der Waals surface area contributed by atoms with E-state index in [1.807, 2.05) is 31.2 Å². The summed E-state index contributed by atoms with van der Waals surface area (Å²) in [7, 11) is 0. The Labute approximate surface area is 119 Å². The summed E-state index contributed by atoms with van der Waals surface area (Å²) in [4.78, 5) is 4.30. The van der Waals surface area contributed by atoms with E-state index in [-0.39, 0.29) is 18.6 Å². The molecule has 2 aromatic rings. The molecule has 1 unspecified atom stereocenters. The molecule has 1 heterocycles. The van der Waals surface area contributed by atoms with Gasteiger partial charge in [0.15, 0.2) is 11.9 Å². The number of para-hydroxylation sites is 1. The van der Waals surface area contributed by atoms with Gasteiger partial charge in [-0.3, -0.25) is 0 Å². The van der Waals surface area contributed by atoms with Crippen molar-refractivity contribution >= 4 is 0 Å². The summed E-state index contributed by atoms with van der Waals surface area (Å²) < 4.78 is 7.83. The molecule has 0 saturated heterocycles. The van der Waals surface area contributed by atoms with Gasteiger partial charge < -0.3 is 9.84 Å². The quantitative estimate of drug-likeness (QED) is 0.879. The zero-order valence-corrected chi connectivity index (χ0v) is 12.2. The molecule has 0 radical (unpaired) electrons. The highest BCUT2D eigenvalue weighted by molar-refractivity contribution is 5.32. The molecule has 5 nitrogen and oxygen atoms in total. The van der Waals surface area contributed by atoms with Gasteiger partial charge in [0.2, 0.25) is 0 Å². The fourth-order valence-electron chi connectivity index (χ4n) is 2.07. The predicted octanol–water partition coefficient (Wildman–Crippen LogP) is 2.35. The van der Waals surface area contributed by atoms with Crippen molar-refractivity contribution in [2.45, 2.75) is 33.4 Å². The second kappa shape index (κ2) is 6.52. The third-order valence-electron chi connectivity index (χ3n) is 3.16. The number of aliphatic hydroxyl groups excluding tert-OH is 1. The van der Waals surface area contributed by atoms with Crippen LogP contribution in [0.15, 0.2) is 30.6 Å². The lowest BCUT2D eigenvalue weighted by molar-refractivity contribution is 0.135. The van der Waals surface area contributed by atoms with Crippen LogP contribution < -0.4 is 4.74 Å². The molecule has 2 rings (SSSR count). The van der Waals surface area contributed by atoms with Crippen LogP contribution in [0.4, 0.5) is 0 Å². The summed E-state index contributed by atoms with van der Waals surface area (Å²) in [5.41, 5.74) is 1.09. The van der Waals surface area contributed by atoms with Gasteiger partial charge in [0.1, 0.15) is 12.1 Å². The van der Waals surface area contributed by atoms with E-state index >= 15 is 0 Å². The average Bonchev–Trinajstić information content (AvgIpc) is 2.86. The van der Waals surface area contributed by atoms with Gasteiger partial charge in [-0.15, -0.1) is 0 Å². The third-order valence-corrected chi connectivity index (χ3v) is 3.16. The molecule has 1 atom stereocenters. The number of hydrogen-bond donors (Lipinski definition) is 1. The molecule has 0 amide bonds. The lowest BCUT2D eigenvalue weighted by Crippen LogP contribution is -2.21. The minimum absolute atomic E-state index is 0.0333. The molecule has 0 spiro atoms. The largest absolute Gasteiger partial charge is 0.482 e. The zero-order valence-electron chi connectivity index (χ0n) is 12.2. The minimum Gasteiger partial charge on any atom is -0.482 e. The highest BCUT2D eigenvalue weighted by Gasteiger charge is 2.24. The molecule has 0 aliphatic carbocycles. The van der Waals surface area contributed by atoms with E-state index in [0.29, 0.717) is 6.54 Å². The number of benzene rings is 1. The normalized spacial score (nSPS) is 12.7. The van der Waals surface area contributed by atoms with Gasteiger partial charge in [-0.2, -0.15) is 5.10 Å². The first kappa shape index (κ1) is 14.5. The van der Waals surface area contributed by atoms with Gasteiger partial charge >= 0.3 is 0 Å². The average molecular weight is 275 g/mol. The number of hydrogen-bond acceptors (Lipinski definition) is 4. The molecular formula is C15H21N3O2. The minimum atomic E-state index is -0.190. The lowest BCUT2D eigenvalue weighted by atomic mass is 10.1. The highest BCUT2D eigenvalue weighted by Crippen LogP contribution is 2.28. The van der Waals surface area contributed by atoms with E-state index in [0.717, 1.165) is 17.1 Å². The Morgan fingerprint density at radius 2 is 2.05 bits per heavy atom. The van der Waals surface area contributed by atoms with Crippen LogP contribution in [-0.4, -0.2) is 26.5 Å². The van der Waals surface area contributed by atoms with E-state index in [4.69, 9.17) is 9.84 Å². The van der Waals surface area contributed by atoms with Gasteiger partial charge in [0, 0.05) is 0 Å². The van der Waals surface area contributed by atoms with Crippen LogP contribution in [0.5, 0.6) is 5.75 Å². The SMILES string of the molecule is Cc1ccccc1OC(c1ncnn1CCO)C(C)C. The number of aliphatic hydroxyl groups is 1. The van der Waals surface area contributed by atoms with Crippen LogP contribution in [0.2, 0.25) is 0 Å². The van der Waals surface area contributed by atoms with Crippen LogP contribution in [-0.2, 0) is 6.54 Å². The number of ether oxygens (including phenoxy) is 1. The molecule has 0 fully saturated rings. The molecule has 0 aliphatic rings. The maximum atomic E-state index is 9.09. The fourth-order valence-corrected chi connectivity index (χ4v) is 2.07. The van der Waals surface area contributed by atoms with E-state index in [1.165, 1.54) is 6.33 Å². The van der Waals surface area contributed by atoms with E-state index in [2.05, 4.69) is 23.9 Å². The number of rotatable bonds is 6. The second-order valence-corrected chi connectivity index (χ2v) is 5.11. The van der Waals surface area contributed by atoms with Crippen LogP contribution in [0.25, 0.3) is 0 Å². The van der Waals surface area contributed by atoms with Crippen molar-refractivity contribution in [1.29, 1.82) is 0 Å².